The van der Waals surface area contributed by atoms with Crippen LogP contribution in [0.4, 0.5) is 10.8 Å². The Balaban J connectivity index is 1.61. The second-order valence-corrected chi connectivity index (χ2v) is 7.66. The third-order valence-corrected chi connectivity index (χ3v) is 5.67. The van der Waals surface area contributed by atoms with Gasteiger partial charge in [0.05, 0.1) is 18.8 Å². The maximum atomic E-state index is 12.5. The minimum Gasteiger partial charge on any atom is -0.497 e. The van der Waals surface area contributed by atoms with Crippen molar-refractivity contribution in [1.82, 2.24) is 10.2 Å². The Kier molecular flexibility index (Phi) is 5.75. The number of aromatic nitrogens is 2. The predicted molar refractivity (Wildman–Crippen MR) is 102 cm³/mol. The van der Waals surface area contributed by atoms with E-state index in [9.17, 15) is 9.59 Å². The van der Waals surface area contributed by atoms with Crippen LogP contribution >= 0.6 is 23.1 Å². The standard InChI is InChI=1S/C17H16N4O3S2/c1-3-8-25-17-20-19-16(26-17)18-15(23)11-9-14(22)21(10-11)12-4-6-13(24-2)7-5-12/h1,4-7,11H,8-10H2,2H3,(H,18,19,23)/t11-/m0/s1. The molecule has 26 heavy (non-hydrogen) atoms. The number of methoxy groups -OCH3 is 1. The van der Waals surface area contributed by atoms with Gasteiger partial charge in [0, 0.05) is 18.7 Å². The molecule has 1 atom stereocenters. The number of hydrogen-bond acceptors (Lipinski definition) is 7. The molecule has 1 aromatic heterocycles. The van der Waals surface area contributed by atoms with E-state index >= 15 is 0 Å². The van der Waals surface area contributed by atoms with Gasteiger partial charge >= 0.3 is 0 Å². The summed E-state index contributed by atoms with van der Waals surface area (Å²) in [7, 11) is 1.58. The Morgan fingerprint density at radius 2 is 2.23 bits per heavy atom. The molecule has 1 saturated heterocycles. The van der Waals surface area contributed by atoms with Gasteiger partial charge in [0.1, 0.15) is 5.75 Å². The monoisotopic (exact) mass is 388 g/mol. The van der Waals surface area contributed by atoms with Crippen molar-refractivity contribution in [3.8, 4) is 18.1 Å². The molecule has 2 aromatic rings. The van der Waals surface area contributed by atoms with E-state index in [0.29, 0.717) is 27.5 Å². The third kappa shape index (κ3) is 4.15. The molecular weight excluding hydrogens is 372 g/mol. The van der Waals surface area contributed by atoms with Crippen LogP contribution in [-0.4, -0.2) is 41.4 Å². The van der Waals surface area contributed by atoms with Gasteiger partial charge in [-0.25, -0.2) is 0 Å². The highest BCUT2D eigenvalue weighted by Gasteiger charge is 2.35. The number of rotatable bonds is 6. The summed E-state index contributed by atoms with van der Waals surface area (Å²) in [4.78, 5) is 26.3. The Bertz CT molecular complexity index is 844. The Morgan fingerprint density at radius 3 is 2.92 bits per heavy atom. The van der Waals surface area contributed by atoms with Crippen molar-refractivity contribution in [2.45, 2.75) is 10.8 Å². The average Bonchev–Trinajstić information content (AvgIpc) is 3.26. The van der Waals surface area contributed by atoms with Crippen molar-refractivity contribution in [3.63, 3.8) is 0 Å². The predicted octanol–water partition coefficient (Wildman–Crippen LogP) is 2.26. The second-order valence-electron chi connectivity index (χ2n) is 5.46. The number of anilines is 2. The van der Waals surface area contributed by atoms with Crippen molar-refractivity contribution in [3.05, 3.63) is 24.3 Å². The number of carbonyl (C=O) groups excluding carboxylic acids is 2. The largest absolute Gasteiger partial charge is 0.497 e. The average molecular weight is 388 g/mol. The van der Waals surface area contributed by atoms with E-state index in [4.69, 9.17) is 11.2 Å². The molecule has 1 aliphatic rings. The lowest BCUT2D eigenvalue weighted by atomic mass is 10.1. The Morgan fingerprint density at radius 1 is 1.46 bits per heavy atom. The second kappa shape index (κ2) is 8.21. The SMILES string of the molecule is C#CCSc1nnc(NC(=O)[C@H]2CC(=O)N(c3ccc(OC)cc3)C2)s1. The van der Waals surface area contributed by atoms with E-state index in [1.54, 1.807) is 36.3 Å². The molecule has 0 spiro atoms. The molecule has 0 aliphatic carbocycles. The number of carbonyl (C=O) groups is 2. The summed E-state index contributed by atoms with van der Waals surface area (Å²) in [6.45, 7) is 0.328. The maximum Gasteiger partial charge on any atom is 0.231 e. The van der Waals surface area contributed by atoms with Gasteiger partial charge in [-0.15, -0.1) is 16.6 Å². The molecule has 1 aromatic carbocycles. The molecule has 0 bridgehead atoms. The van der Waals surface area contributed by atoms with Crippen LogP contribution in [0, 0.1) is 18.3 Å². The molecule has 134 valence electrons. The summed E-state index contributed by atoms with van der Waals surface area (Å²) in [6, 6.07) is 7.17. The molecule has 2 amide bonds. The van der Waals surface area contributed by atoms with Gasteiger partial charge < -0.3 is 15.0 Å². The quantitative estimate of drug-likeness (QED) is 0.464. The first-order valence-electron chi connectivity index (χ1n) is 7.75. The molecule has 0 radical (unpaired) electrons. The Labute approximate surface area is 159 Å². The molecule has 1 fully saturated rings. The molecule has 2 heterocycles. The fourth-order valence-corrected chi connectivity index (χ4v) is 3.96. The summed E-state index contributed by atoms with van der Waals surface area (Å²) in [6.07, 6.45) is 5.37. The van der Waals surface area contributed by atoms with Gasteiger partial charge in [-0.3, -0.25) is 9.59 Å². The number of nitrogens with zero attached hydrogens (tertiary/aromatic N) is 3. The summed E-state index contributed by atoms with van der Waals surface area (Å²) in [5.41, 5.74) is 0.745. The zero-order valence-electron chi connectivity index (χ0n) is 14.0. The number of amides is 2. The van der Waals surface area contributed by atoms with Gasteiger partial charge in [0.25, 0.3) is 0 Å². The number of thioether (sulfide) groups is 1. The zero-order valence-corrected chi connectivity index (χ0v) is 15.6. The first-order valence-corrected chi connectivity index (χ1v) is 9.56. The van der Waals surface area contributed by atoms with Crippen LogP contribution < -0.4 is 15.0 Å². The van der Waals surface area contributed by atoms with Crippen molar-refractivity contribution < 1.29 is 14.3 Å². The first kappa shape index (κ1) is 18.2. The normalized spacial score (nSPS) is 16.4. The summed E-state index contributed by atoms with van der Waals surface area (Å²) in [5.74, 6) is 2.96. The van der Waals surface area contributed by atoms with Crippen molar-refractivity contribution >= 4 is 45.7 Å². The Hall–Kier alpha value is -2.57. The highest BCUT2D eigenvalue weighted by atomic mass is 32.2. The summed E-state index contributed by atoms with van der Waals surface area (Å²) >= 11 is 2.65. The maximum absolute atomic E-state index is 12.5. The van der Waals surface area contributed by atoms with Gasteiger partial charge in [-0.2, -0.15) is 0 Å². The van der Waals surface area contributed by atoms with Crippen LogP contribution in [0.1, 0.15) is 6.42 Å². The molecule has 1 N–H and O–H groups in total. The van der Waals surface area contributed by atoms with Gasteiger partial charge in [-0.1, -0.05) is 29.0 Å². The third-order valence-electron chi connectivity index (χ3n) is 3.80. The minimum absolute atomic E-state index is 0.0853. The van der Waals surface area contributed by atoms with Gasteiger partial charge in [0.2, 0.25) is 16.9 Å². The molecular formula is C17H16N4O3S2. The number of terminal acetylenes is 1. The van der Waals surface area contributed by atoms with Crippen LogP contribution in [0.15, 0.2) is 28.6 Å². The summed E-state index contributed by atoms with van der Waals surface area (Å²) in [5, 5.41) is 11.0. The van der Waals surface area contributed by atoms with E-state index in [1.165, 1.54) is 23.1 Å². The lowest BCUT2D eigenvalue weighted by Gasteiger charge is -2.16. The number of ether oxygens (including phenoxy) is 1. The van der Waals surface area contributed by atoms with Crippen LogP contribution in [0.2, 0.25) is 0 Å². The van der Waals surface area contributed by atoms with E-state index in [2.05, 4.69) is 21.4 Å². The van der Waals surface area contributed by atoms with Gasteiger partial charge in [-0.05, 0) is 24.3 Å². The number of hydrogen-bond donors (Lipinski definition) is 1. The molecule has 0 unspecified atom stereocenters. The van der Waals surface area contributed by atoms with Crippen molar-refractivity contribution in [2.24, 2.45) is 5.92 Å². The summed E-state index contributed by atoms with van der Waals surface area (Å²) < 4.78 is 5.81. The highest BCUT2D eigenvalue weighted by Crippen LogP contribution is 2.29. The smallest absolute Gasteiger partial charge is 0.231 e. The van der Waals surface area contributed by atoms with Crippen molar-refractivity contribution in [1.29, 1.82) is 0 Å². The van der Waals surface area contributed by atoms with Crippen LogP contribution in [0.25, 0.3) is 0 Å². The fourth-order valence-electron chi connectivity index (χ4n) is 2.52. The van der Waals surface area contributed by atoms with E-state index in [0.717, 1.165) is 5.69 Å². The highest BCUT2D eigenvalue weighted by molar-refractivity contribution is 8.01. The number of benzene rings is 1. The van der Waals surface area contributed by atoms with Gasteiger partial charge in [0.15, 0.2) is 4.34 Å². The zero-order chi connectivity index (χ0) is 18.5. The minimum atomic E-state index is -0.435. The fraction of sp³-hybridized carbons (Fsp3) is 0.294. The number of nitrogens with one attached hydrogen (secondary N) is 1. The molecule has 1 aliphatic heterocycles. The van der Waals surface area contributed by atoms with E-state index < -0.39 is 5.92 Å². The van der Waals surface area contributed by atoms with Crippen LogP contribution in [0.5, 0.6) is 5.75 Å². The molecule has 9 heteroatoms. The van der Waals surface area contributed by atoms with Crippen molar-refractivity contribution in [2.75, 3.05) is 29.6 Å². The molecule has 0 saturated carbocycles. The van der Waals surface area contributed by atoms with Crippen LogP contribution in [0.3, 0.4) is 0 Å². The lowest BCUT2D eigenvalue weighted by Crippen LogP contribution is -2.28. The van der Waals surface area contributed by atoms with E-state index in [-0.39, 0.29) is 18.2 Å². The first-order chi connectivity index (χ1) is 12.6. The van der Waals surface area contributed by atoms with E-state index in [1.807, 2.05) is 0 Å². The molecule has 3 rings (SSSR count). The lowest BCUT2D eigenvalue weighted by molar-refractivity contribution is -0.122. The molecule has 7 nitrogen and oxygen atoms in total. The topological polar surface area (TPSA) is 84.4 Å². The van der Waals surface area contributed by atoms with Crippen LogP contribution in [-0.2, 0) is 9.59 Å².